The van der Waals surface area contributed by atoms with Crippen LogP contribution in [0.5, 0.6) is 11.5 Å². The topological polar surface area (TPSA) is 76.1 Å². The van der Waals surface area contributed by atoms with Crippen LogP contribution >= 0.6 is 0 Å². The number of para-hydroxylation sites is 1. The fraction of sp³-hybridized carbons (Fsp3) is 0.267. The number of aliphatic hydroxyl groups excluding tert-OH is 1. The highest BCUT2D eigenvalue weighted by Gasteiger charge is 2.48. The van der Waals surface area contributed by atoms with Gasteiger partial charge in [-0.25, -0.2) is 0 Å². The minimum atomic E-state index is -0.862. The Labute approximate surface area is 211 Å². The van der Waals surface area contributed by atoms with Crippen molar-refractivity contribution in [3.05, 3.63) is 94.6 Å². The molecule has 0 saturated carbocycles. The average Bonchev–Trinajstić information content (AvgIpc) is 3.12. The molecule has 36 heavy (non-hydrogen) atoms. The van der Waals surface area contributed by atoms with Gasteiger partial charge in [-0.1, -0.05) is 49.7 Å². The van der Waals surface area contributed by atoms with E-state index in [1.165, 1.54) is 12.0 Å². The number of anilines is 1. The molecule has 4 rings (SSSR count). The Bertz CT molecular complexity index is 1320. The van der Waals surface area contributed by atoms with Crippen LogP contribution in [0.4, 0.5) is 5.69 Å². The normalized spacial score (nSPS) is 17.1. The first-order valence-corrected chi connectivity index (χ1v) is 12.0. The second-order valence-corrected chi connectivity index (χ2v) is 9.43. The van der Waals surface area contributed by atoms with Gasteiger partial charge in [0, 0.05) is 16.8 Å². The van der Waals surface area contributed by atoms with Gasteiger partial charge in [-0.15, -0.1) is 0 Å². The van der Waals surface area contributed by atoms with Crippen LogP contribution in [-0.4, -0.2) is 30.5 Å². The summed E-state index contributed by atoms with van der Waals surface area (Å²) in [6.07, 6.45) is 0. The van der Waals surface area contributed by atoms with Crippen molar-refractivity contribution in [2.45, 2.75) is 33.7 Å². The summed E-state index contributed by atoms with van der Waals surface area (Å²) in [4.78, 5) is 28.3. The Balaban J connectivity index is 1.88. The molecule has 1 saturated heterocycles. The van der Waals surface area contributed by atoms with Crippen molar-refractivity contribution >= 4 is 23.1 Å². The van der Waals surface area contributed by atoms with E-state index >= 15 is 0 Å². The number of hydrogen-bond acceptors (Lipinski definition) is 5. The predicted molar refractivity (Wildman–Crippen MR) is 140 cm³/mol. The molecule has 1 N–H and O–H groups in total. The van der Waals surface area contributed by atoms with Gasteiger partial charge in [0.25, 0.3) is 11.7 Å². The van der Waals surface area contributed by atoms with Crippen molar-refractivity contribution in [1.29, 1.82) is 0 Å². The van der Waals surface area contributed by atoms with E-state index in [-0.39, 0.29) is 11.3 Å². The monoisotopic (exact) mass is 485 g/mol. The smallest absolute Gasteiger partial charge is 0.300 e. The van der Waals surface area contributed by atoms with Gasteiger partial charge in [-0.3, -0.25) is 14.5 Å². The number of methoxy groups -OCH3 is 1. The van der Waals surface area contributed by atoms with Crippen molar-refractivity contribution < 1.29 is 24.2 Å². The Morgan fingerprint density at radius 3 is 2.33 bits per heavy atom. The molecule has 0 radical (unpaired) electrons. The minimum absolute atomic E-state index is 0.0142. The summed E-state index contributed by atoms with van der Waals surface area (Å²) in [5, 5.41) is 11.4. The minimum Gasteiger partial charge on any atom is -0.507 e. The van der Waals surface area contributed by atoms with E-state index in [0.717, 1.165) is 11.1 Å². The number of ketones is 1. The average molecular weight is 486 g/mol. The van der Waals surface area contributed by atoms with E-state index < -0.39 is 17.7 Å². The summed E-state index contributed by atoms with van der Waals surface area (Å²) in [7, 11) is 1.54. The maximum Gasteiger partial charge on any atom is 0.300 e. The molecule has 3 aromatic carbocycles. The Morgan fingerprint density at radius 1 is 1.00 bits per heavy atom. The van der Waals surface area contributed by atoms with Gasteiger partial charge in [0.05, 0.1) is 25.3 Å². The molecule has 0 bridgehead atoms. The number of carbonyl (C=O) groups excluding carboxylic acids is 2. The van der Waals surface area contributed by atoms with Gasteiger partial charge in [0.15, 0.2) is 0 Å². The van der Waals surface area contributed by atoms with Crippen LogP contribution in [0.25, 0.3) is 5.76 Å². The first-order chi connectivity index (χ1) is 17.2. The van der Waals surface area contributed by atoms with Crippen LogP contribution < -0.4 is 14.4 Å². The van der Waals surface area contributed by atoms with E-state index in [2.05, 4.69) is 13.8 Å². The van der Waals surface area contributed by atoms with Crippen LogP contribution in [0.2, 0.25) is 0 Å². The Kier molecular flexibility index (Phi) is 7.15. The SMILES string of the molecule is COc1ccccc1C1/C(=C(\O)c2ccc(OCC(C)C)cc2)C(=O)C(=O)N1c1ccc(C)cc1C. The number of rotatable bonds is 7. The number of aliphatic hydroxyl groups is 1. The molecule has 3 aromatic rings. The van der Waals surface area contributed by atoms with Crippen LogP contribution in [0.15, 0.2) is 72.3 Å². The highest BCUT2D eigenvalue weighted by atomic mass is 16.5. The summed E-state index contributed by atoms with van der Waals surface area (Å²) in [6, 6.07) is 18.9. The maximum absolute atomic E-state index is 13.4. The third-order valence-corrected chi connectivity index (χ3v) is 6.20. The number of nitrogens with zero attached hydrogens (tertiary/aromatic N) is 1. The molecule has 1 unspecified atom stereocenters. The van der Waals surface area contributed by atoms with Crippen LogP contribution in [0, 0.1) is 19.8 Å². The van der Waals surface area contributed by atoms with Crippen LogP contribution in [-0.2, 0) is 9.59 Å². The molecular formula is C30H31NO5. The molecular weight excluding hydrogens is 454 g/mol. The van der Waals surface area contributed by atoms with Crippen LogP contribution in [0.3, 0.4) is 0 Å². The van der Waals surface area contributed by atoms with Crippen molar-refractivity contribution in [1.82, 2.24) is 0 Å². The Morgan fingerprint density at radius 2 is 1.69 bits per heavy atom. The molecule has 1 heterocycles. The summed E-state index contributed by atoms with van der Waals surface area (Å²) in [5.74, 6) is -0.133. The number of benzene rings is 3. The molecule has 1 aliphatic rings. The van der Waals surface area contributed by atoms with Gasteiger partial charge >= 0.3 is 0 Å². The van der Waals surface area contributed by atoms with Crippen molar-refractivity contribution in [3.8, 4) is 11.5 Å². The van der Waals surface area contributed by atoms with E-state index in [1.54, 1.807) is 30.3 Å². The zero-order chi connectivity index (χ0) is 26.0. The lowest BCUT2D eigenvalue weighted by molar-refractivity contribution is -0.132. The number of aryl methyl sites for hydroxylation is 2. The molecule has 1 aliphatic heterocycles. The van der Waals surface area contributed by atoms with Crippen LogP contribution in [0.1, 0.15) is 42.1 Å². The van der Waals surface area contributed by atoms with E-state index in [0.29, 0.717) is 40.8 Å². The van der Waals surface area contributed by atoms with Gasteiger partial charge in [0.1, 0.15) is 17.3 Å². The quantitative estimate of drug-likeness (QED) is 0.253. The molecule has 1 atom stereocenters. The lowest BCUT2D eigenvalue weighted by atomic mass is 9.94. The molecule has 1 fully saturated rings. The number of amides is 1. The molecule has 186 valence electrons. The van der Waals surface area contributed by atoms with E-state index in [9.17, 15) is 14.7 Å². The zero-order valence-corrected chi connectivity index (χ0v) is 21.2. The largest absolute Gasteiger partial charge is 0.507 e. The summed E-state index contributed by atoms with van der Waals surface area (Å²) in [5.41, 5.74) is 3.54. The second-order valence-electron chi connectivity index (χ2n) is 9.43. The summed E-state index contributed by atoms with van der Waals surface area (Å²) >= 11 is 0. The lowest BCUT2D eigenvalue weighted by Gasteiger charge is -2.28. The number of ether oxygens (including phenoxy) is 2. The van der Waals surface area contributed by atoms with Gasteiger partial charge in [-0.2, -0.15) is 0 Å². The standard InChI is InChI=1S/C30H31NO5/c1-18(2)17-36-22-13-11-21(12-14-22)28(32)26-27(23-8-6-7-9-25(23)35-5)31(30(34)29(26)33)24-15-10-19(3)16-20(24)4/h6-16,18,27,32H,17H2,1-5H3/b28-26+. The lowest BCUT2D eigenvalue weighted by Crippen LogP contribution is -2.30. The molecule has 0 aliphatic carbocycles. The van der Waals surface area contributed by atoms with Gasteiger partial charge < -0.3 is 14.6 Å². The summed E-state index contributed by atoms with van der Waals surface area (Å²) < 4.78 is 11.3. The fourth-order valence-electron chi connectivity index (χ4n) is 4.47. The molecule has 6 nitrogen and oxygen atoms in total. The highest BCUT2D eigenvalue weighted by Crippen LogP contribution is 2.45. The highest BCUT2D eigenvalue weighted by molar-refractivity contribution is 6.51. The molecule has 6 heteroatoms. The zero-order valence-electron chi connectivity index (χ0n) is 21.2. The first-order valence-electron chi connectivity index (χ1n) is 12.0. The van der Waals surface area contributed by atoms with E-state index in [1.807, 2.05) is 50.2 Å². The molecule has 1 amide bonds. The van der Waals surface area contributed by atoms with Gasteiger partial charge in [-0.05, 0) is 61.7 Å². The number of carbonyl (C=O) groups is 2. The Hall–Kier alpha value is -4.06. The van der Waals surface area contributed by atoms with Crippen molar-refractivity contribution in [2.24, 2.45) is 5.92 Å². The maximum atomic E-state index is 13.4. The summed E-state index contributed by atoms with van der Waals surface area (Å²) in [6.45, 7) is 8.56. The third kappa shape index (κ3) is 4.71. The number of Topliss-reactive ketones (excluding diaryl/α,β-unsaturated/α-hetero) is 1. The second kappa shape index (κ2) is 10.3. The first kappa shape index (κ1) is 25.0. The van der Waals surface area contributed by atoms with Gasteiger partial charge in [0.2, 0.25) is 0 Å². The number of hydrogen-bond donors (Lipinski definition) is 1. The fourth-order valence-corrected chi connectivity index (χ4v) is 4.47. The predicted octanol–water partition coefficient (Wildman–Crippen LogP) is 5.97. The van der Waals surface area contributed by atoms with Crippen molar-refractivity contribution in [2.75, 3.05) is 18.6 Å². The van der Waals surface area contributed by atoms with Crippen molar-refractivity contribution in [3.63, 3.8) is 0 Å². The molecule has 0 aromatic heterocycles. The third-order valence-electron chi connectivity index (χ3n) is 6.20. The van der Waals surface area contributed by atoms with E-state index in [4.69, 9.17) is 9.47 Å². The molecule has 0 spiro atoms.